The summed E-state index contributed by atoms with van der Waals surface area (Å²) in [4.78, 5) is 2.42. The first kappa shape index (κ1) is 12.4. The number of likely N-dealkylation sites (N-methyl/N-ethyl adjacent to an activating group) is 1. The number of rotatable bonds is 8. The van der Waals surface area contributed by atoms with Gasteiger partial charge >= 0.3 is 0 Å². The summed E-state index contributed by atoms with van der Waals surface area (Å²) in [5.41, 5.74) is 1.16. The van der Waals surface area contributed by atoms with Gasteiger partial charge in [-0.3, -0.25) is 4.68 Å². The Labute approximate surface area is 104 Å². The van der Waals surface area contributed by atoms with Crippen LogP contribution in [0.25, 0.3) is 0 Å². The summed E-state index contributed by atoms with van der Waals surface area (Å²) >= 11 is 0. The first-order valence-electron chi connectivity index (χ1n) is 6.80. The predicted octanol–water partition coefficient (Wildman–Crippen LogP) is 2.05. The van der Waals surface area contributed by atoms with Gasteiger partial charge in [-0.25, -0.2) is 0 Å². The molecule has 2 rings (SSSR count). The molecule has 0 aliphatic heterocycles. The molecule has 4 heteroatoms. The van der Waals surface area contributed by atoms with Crippen molar-refractivity contribution in [1.82, 2.24) is 14.7 Å². The van der Waals surface area contributed by atoms with Crippen molar-refractivity contribution in [3.05, 3.63) is 12.4 Å². The molecular weight excluding hydrogens is 212 g/mol. The topological polar surface area (TPSA) is 33.1 Å². The molecule has 0 unspecified atom stereocenters. The molecule has 0 radical (unpaired) electrons. The van der Waals surface area contributed by atoms with Crippen LogP contribution in [0.15, 0.2) is 12.4 Å². The van der Waals surface area contributed by atoms with Crippen molar-refractivity contribution >= 4 is 5.69 Å². The summed E-state index contributed by atoms with van der Waals surface area (Å²) in [6, 6.07) is 0. The van der Waals surface area contributed by atoms with Crippen molar-refractivity contribution < 1.29 is 0 Å². The summed E-state index contributed by atoms with van der Waals surface area (Å²) in [7, 11) is 0. The van der Waals surface area contributed by atoms with E-state index in [1.165, 1.54) is 12.8 Å². The van der Waals surface area contributed by atoms with Crippen LogP contribution in [0.2, 0.25) is 0 Å². The maximum atomic E-state index is 4.38. The lowest BCUT2D eigenvalue weighted by Gasteiger charge is -2.17. The summed E-state index contributed by atoms with van der Waals surface area (Å²) in [6.07, 6.45) is 6.84. The Morgan fingerprint density at radius 2 is 2.18 bits per heavy atom. The van der Waals surface area contributed by atoms with E-state index in [0.717, 1.165) is 44.3 Å². The molecule has 1 saturated carbocycles. The summed E-state index contributed by atoms with van der Waals surface area (Å²) in [5.74, 6) is 0.911. The second-order valence-corrected chi connectivity index (χ2v) is 4.84. The highest BCUT2D eigenvalue weighted by Crippen LogP contribution is 2.28. The van der Waals surface area contributed by atoms with Crippen LogP contribution in [-0.4, -0.2) is 40.9 Å². The molecular formula is C13H24N4. The zero-order valence-corrected chi connectivity index (χ0v) is 11.0. The Kier molecular flexibility index (Phi) is 4.42. The van der Waals surface area contributed by atoms with Gasteiger partial charge in [0.1, 0.15) is 0 Å². The van der Waals surface area contributed by atoms with Crippen LogP contribution in [0.1, 0.15) is 26.7 Å². The Balaban J connectivity index is 1.72. The van der Waals surface area contributed by atoms with Crippen LogP contribution >= 0.6 is 0 Å². The van der Waals surface area contributed by atoms with Crippen LogP contribution in [0, 0.1) is 5.92 Å². The molecule has 1 aromatic heterocycles. The maximum Gasteiger partial charge on any atom is 0.0726 e. The molecule has 1 aromatic rings. The van der Waals surface area contributed by atoms with Gasteiger partial charge < -0.3 is 10.2 Å². The number of nitrogens with one attached hydrogen (secondary N) is 1. The average Bonchev–Trinajstić information content (AvgIpc) is 3.07. The fourth-order valence-electron chi connectivity index (χ4n) is 1.95. The van der Waals surface area contributed by atoms with Gasteiger partial charge in [-0.2, -0.15) is 5.10 Å². The predicted molar refractivity (Wildman–Crippen MR) is 71.2 cm³/mol. The third kappa shape index (κ3) is 4.04. The van der Waals surface area contributed by atoms with Crippen molar-refractivity contribution in [1.29, 1.82) is 0 Å². The van der Waals surface area contributed by atoms with E-state index >= 15 is 0 Å². The van der Waals surface area contributed by atoms with E-state index in [1.54, 1.807) is 0 Å². The highest BCUT2D eigenvalue weighted by Gasteiger charge is 2.20. The fourth-order valence-corrected chi connectivity index (χ4v) is 1.95. The zero-order chi connectivity index (χ0) is 12.1. The molecule has 96 valence electrons. The Bertz CT molecular complexity index is 326. The van der Waals surface area contributed by atoms with Crippen molar-refractivity contribution in [3.8, 4) is 0 Å². The first-order chi connectivity index (χ1) is 8.31. The molecule has 0 atom stereocenters. The zero-order valence-electron chi connectivity index (χ0n) is 11.0. The van der Waals surface area contributed by atoms with Crippen LogP contribution in [0.4, 0.5) is 5.69 Å². The van der Waals surface area contributed by atoms with Crippen molar-refractivity contribution in [2.75, 3.05) is 31.5 Å². The largest absolute Gasteiger partial charge is 0.382 e. The molecule has 1 fully saturated rings. The highest BCUT2D eigenvalue weighted by molar-refractivity contribution is 5.38. The van der Waals surface area contributed by atoms with E-state index in [2.05, 4.69) is 35.4 Å². The second-order valence-electron chi connectivity index (χ2n) is 4.84. The SMILES string of the molecule is CCN(CC)CCn1cc(NCC2CC2)cn1. The lowest BCUT2D eigenvalue weighted by molar-refractivity contribution is 0.285. The first-order valence-corrected chi connectivity index (χ1v) is 6.80. The molecule has 4 nitrogen and oxygen atoms in total. The molecule has 1 N–H and O–H groups in total. The second kappa shape index (κ2) is 6.05. The minimum atomic E-state index is 0.911. The van der Waals surface area contributed by atoms with Gasteiger partial charge in [-0.15, -0.1) is 0 Å². The summed E-state index contributed by atoms with van der Waals surface area (Å²) in [6.45, 7) is 9.81. The normalized spacial score (nSPS) is 15.5. The van der Waals surface area contributed by atoms with Crippen LogP contribution in [0.5, 0.6) is 0 Å². The third-order valence-electron chi connectivity index (χ3n) is 3.46. The van der Waals surface area contributed by atoms with Crippen molar-refractivity contribution in [2.24, 2.45) is 5.92 Å². The molecule has 0 aromatic carbocycles. The van der Waals surface area contributed by atoms with Crippen LogP contribution < -0.4 is 5.32 Å². The monoisotopic (exact) mass is 236 g/mol. The van der Waals surface area contributed by atoms with Crippen molar-refractivity contribution in [3.63, 3.8) is 0 Å². The van der Waals surface area contributed by atoms with E-state index in [4.69, 9.17) is 0 Å². The van der Waals surface area contributed by atoms with Crippen LogP contribution in [-0.2, 0) is 6.54 Å². The number of hydrogen-bond acceptors (Lipinski definition) is 3. The van der Waals surface area contributed by atoms with Gasteiger partial charge in [0.15, 0.2) is 0 Å². The Hall–Kier alpha value is -1.03. The van der Waals surface area contributed by atoms with Gasteiger partial charge in [0.2, 0.25) is 0 Å². The lowest BCUT2D eigenvalue weighted by Crippen LogP contribution is -2.27. The number of nitrogens with zero attached hydrogens (tertiary/aromatic N) is 3. The number of aromatic nitrogens is 2. The van der Waals surface area contributed by atoms with E-state index in [-0.39, 0.29) is 0 Å². The Morgan fingerprint density at radius 1 is 1.41 bits per heavy atom. The number of anilines is 1. The summed E-state index contributed by atoms with van der Waals surface area (Å²) < 4.78 is 2.04. The molecule has 0 spiro atoms. The third-order valence-corrected chi connectivity index (χ3v) is 3.46. The van der Waals surface area contributed by atoms with Gasteiger partial charge in [0, 0.05) is 19.3 Å². The molecule has 1 aliphatic carbocycles. The molecule has 0 amide bonds. The van der Waals surface area contributed by atoms with E-state index < -0.39 is 0 Å². The van der Waals surface area contributed by atoms with E-state index in [9.17, 15) is 0 Å². The molecule has 0 bridgehead atoms. The fraction of sp³-hybridized carbons (Fsp3) is 0.769. The molecule has 1 aliphatic rings. The maximum absolute atomic E-state index is 4.38. The quantitative estimate of drug-likeness (QED) is 0.750. The minimum Gasteiger partial charge on any atom is -0.382 e. The van der Waals surface area contributed by atoms with E-state index in [1.807, 2.05) is 10.9 Å². The van der Waals surface area contributed by atoms with E-state index in [0.29, 0.717) is 0 Å². The van der Waals surface area contributed by atoms with Gasteiger partial charge in [-0.05, 0) is 31.8 Å². The lowest BCUT2D eigenvalue weighted by atomic mass is 10.4. The average molecular weight is 236 g/mol. The Morgan fingerprint density at radius 3 is 2.82 bits per heavy atom. The standard InChI is InChI=1S/C13H24N4/c1-3-16(4-2)7-8-17-11-13(10-15-17)14-9-12-5-6-12/h10-12,14H,3-9H2,1-2H3. The number of hydrogen-bond donors (Lipinski definition) is 1. The van der Waals surface area contributed by atoms with Gasteiger partial charge in [0.05, 0.1) is 18.4 Å². The highest BCUT2D eigenvalue weighted by atomic mass is 15.3. The molecule has 1 heterocycles. The summed E-state index contributed by atoms with van der Waals surface area (Å²) in [5, 5.41) is 7.83. The van der Waals surface area contributed by atoms with Gasteiger partial charge in [0.25, 0.3) is 0 Å². The van der Waals surface area contributed by atoms with Crippen molar-refractivity contribution in [2.45, 2.75) is 33.2 Å². The molecule has 0 saturated heterocycles. The molecule has 17 heavy (non-hydrogen) atoms. The van der Waals surface area contributed by atoms with Crippen LogP contribution in [0.3, 0.4) is 0 Å². The minimum absolute atomic E-state index is 0.911. The smallest absolute Gasteiger partial charge is 0.0726 e. The van der Waals surface area contributed by atoms with Gasteiger partial charge in [-0.1, -0.05) is 13.8 Å².